The molecule has 0 spiro atoms. The molecule has 2 rings (SSSR count). The topological polar surface area (TPSA) is 22.1 Å². The molecule has 2 heteroatoms. The number of pyridine rings is 1. The van der Waals surface area contributed by atoms with Gasteiger partial charge in [0, 0.05) is 6.20 Å². The van der Waals surface area contributed by atoms with Crippen LogP contribution in [0.15, 0.2) is 18.3 Å². The molecule has 0 bridgehead atoms. The van der Waals surface area contributed by atoms with E-state index in [0.717, 1.165) is 18.4 Å². The van der Waals surface area contributed by atoms with Crippen LogP contribution in [0, 0.1) is 12.3 Å². The van der Waals surface area contributed by atoms with Gasteiger partial charge < -0.3 is 4.74 Å². The van der Waals surface area contributed by atoms with Crippen LogP contribution in [-0.2, 0) is 0 Å². The van der Waals surface area contributed by atoms with Crippen molar-refractivity contribution < 1.29 is 4.74 Å². The van der Waals surface area contributed by atoms with Crippen LogP contribution < -0.4 is 4.74 Å². The van der Waals surface area contributed by atoms with E-state index in [0.29, 0.717) is 12.0 Å². The SMILES string of the molecule is C#Cc1cccnc1OC1CCCCC1. The molecule has 0 unspecified atom stereocenters. The molecule has 0 N–H and O–H groups in total. The summed E-state index contributed by atoms with van der Waals surface area (Å²) in [6.07, 6.45) is 13.5. The zero-order chi connectivity index (χ0) is 10.5. The molecule has 2 nitrogen and oxygen atoms in total. The monoisotopic (exact) mass is 201 g/mol. The normalized spacial score (nSPS) is 17.0. The molecule has 1 aliphatic rings. The van der Waals surface area contributed by atoms with Gasteiger partial charge in [0.15, 0.2) is 0 Å². The van der Waals surface area contributed by atoms with Crippen LogP contribution in [0.4, 0.5) is 0 Å². The molecule has 0 saturated heterocycles. The maximum Gasteiger partial charge on any atom is 0.229 e. The molecule has 15 heavy (non-hydrogen) atoms. The number of aromatic nitrogens is 1. The van der Waals surface area contributed by atoms with Crippen LogP contribution in [0.25, 0.3) is 0 Å². The van der Waals surface area contributed by atoms with Crippen molar-refractivity contribution >= 4 is 0 Å². The van der Waals surface area contributed by atoms with E-state index in [2.05, 4.69) is 10.9 Å². The van der Waals surface area contributed by atoms with Crippen LogP contribution >= 0.6 is 0 Å². The van der Waals surface area contributed by atoms with Gasteiger partial charge in [-0.3, -0.25) is 0 Å². The van der Waals surface area contributed by atoms with Gasteiger partial charge in [0.1, 0.15) is 6.10 Å². The second kappa shape index (κ2) is 4.84. The Balaban J connectivity index is 2.06. The van der Waals surface area contributed by atoms with E-state index in [1.807, 2.05) is 12.1 Å². The van der Waals surface area contributed by atoms with Crippen LogP contribution in [0.1, 0.15) is 37.7 Å². The van der Waals surface area contributed by atoms with E-state index in [9.17, 15) is 0 Å². The van der Waals surface area contributed by atoms with Gasteiger partial charge in [-0.2, -0.15) is 0 Å². The first-order valence-electron chi connectivity index (χ1n) is 5.48. The Labute approximate surface area is 90.7 Å². The van der Waals surface area contributed by atoms with E-state index in [1.54, 1.807) is 6.20 Å². The van der Waals surface area contributed by atoms with Gasteiger partial charge in [0.2, 0.25) is 5.88 Å². The van der Waals surface area contributed by atoms with Gasteiger partial charge in [0.25, 0.3) is 0 Å². The summed E-state index contributed by atoms with van der Waals surface area (Å²) in [5.41, 5.74) is 0.753. The van der Waals surface area contributed by atoms with Crippen LogP contribution in [-0.4, -0.2) is 11.1 Å². The molecule has 1 saturated carbocycles. The number of hydrogen-bond donors (Lipinski definition) is 0. The second-order valence-electron chi connectivity index (χ2n) is 3.88. The second-order valence-corrected chi connectivity index (χ2v) is 3.88. The number of hydrogen-bond acceptors (Lipinski definition) is 2. The van der Waals surface area contributed by atoms with Gasteiger partial charge in [-0.1, -0.05) is 12.3 Å². The lowest BCUT2D eigenvalue weighted by Crippen LogP contribution is -2.20. The largest absolute Gasteiger partial charge is 0.473 e. The zero-order valence-corrected chi connectivity index (χ0v) is 8.78. The van der Waals surface area contributed by atoms with E-state index < -0.39 is 0 Å². The quantitative estimate of drug-likeness (QED) is 0.686. The predicted octanol–water partition coefficient (Wildman–Crippen LogP) is 2.77. The fraction of sp³-hybridized carbons (Fsp3) is 0.462. The molecule has 1 fully saturated rings. The first kappa shape index (κ1) is 10.0. The number of rotatable bonds is 2. The average Bonchev–Trinajstić information content (AvgIpc) is 2.31. The molecule has 1 aliphatic carbocycles. The van der Waals surface area contributed by atoms with Crippen LogP contribution in [0.3, 0.4) is 0 Å². The minimum Gasteiger partial charge on any atom is -0.473 e. The summed E-state index contributed by atoms with van der Waals surface area (Å²) in [5, 5.41) is 0. The Morgan fingerprint density at radius 3 is 2.87 bits per heavy atom. The van der Waals surface area contributed by atoms with Crippen molar-refractivity contribution in [1.82, 2.24) is 4.98 Å². The van der Waals surface area contributed by atoms with Crippen molar-refractivity contribution in [2.75, 3.05) is 0 Å². The van der Waals surface area contributed by atoms with Gasteiger partial charge >= 0.3 is 0 Å². The molecule has 0 atom stereocenters. The Hall–Kier alpha value is -1.49. The highest BCUT2D eigenvalue weighted by Crippen LogP contribution is 2.23. The maximum atomic E-state index is 5.82. The van der Waals surface area contributed by atoms with E-state index in [1.165, 1.54) is 19.3 Å². The molecule has 1 aromatic heterocycles. The lowest BCUT2D eigenvalue weighted by Gasteiger charge is -2.22. The molecule has 0 radical (unpaired) electrons. The summed E-state index contributed by atoms with van der Waals surface area (Å²) >= 11 is 0. The molecule has 1 aromatic rings. The highest BCUT2D eigenvalue weighted by Gasteiger charge is 2.16. The molecule has 1 heterocycles. The average molecular weight is 201 g/mol. The number of nitrogens with zero attached hydrogens (tertiary/aromatic N) is 1. The predicted molar refractivity (Wildman–Crippen MR) is 59.7 cm³/mol. The zero-order valence-electron chi connectivity index (χ0n) is 8.78. The molecule has 0 amide bonds. The molecule has 0 aromatic carbocycles. The molecular formula is C13H15NO. The highest BCUT2D eigenvalue weighted by molar-refractivity contribution is 5.39. The minimum atomic E-state index is 0.306. The van der Waals surface area contributed by atoms with Crippen molar-refractivity contribution in [2.24, 2.45) is 0 Å². The Morgan fingerprint density at radius 1 is 1.33 bits per heavy atom. The minimum absolute atomic E-state index is 0.306. The van der Waals surface area contributed by atoms with E-state index in [-0.39, 0.29) is 0 Å². The van der Waals surface area contributed by atoms with Crippen LogP contribution in [0.5, 0.6) is 5.88 Å². The molecule has 0 aliphatic heterocycles. The summed E-state index contributed by atoms with van der Waals surface area (Å²) in [6, 6.07) is 3.70. The smallest absolute Gasteiger partial charge is 0.229 e. The van der Waals surface area contributed by atoms with Crippen molar-refractivity contribution in [3.63, 3.8) is 0 Å². The highest BCUT2D eigenvalue weighted by atomic mass is 16.5. The fourth-order valence-electron chi connectivity index (χ4n) is 1.94. The van der Waals surface area contributed by atoms with E-state index in [4.69, 9.17) is 11.2 Å². The Morgan fingerprint density at radius 2 is 2.13 bits per heavy atom. The first-order chi connectivity index (χ1) is 7.40. The molecule has 78 valence electrons. The number of terminal acetylenes is 1. The lowest BCUT2D eigenvalue weighted by molar-refractivity contribution is 0.148. The lowest BCUT2D eigenvalue weighted by atomic mass is 9.98. The Bertz CT molecular complexity index is 361. The Kier molecular flexibility index (Phi) is 3.24. The summed E-state index contributed by atoms with van der Waals surface area (Å²) in [7, 11) is 0. The first-order valence-corrected chi connectivity index (χ1v) is 5.48. The fourth-order valence-corrected chi connectivity index (χ4v) is 1.94. The summed E-state index contributed by atoms with van der Waals surface area (Å²) < 4.78 is 5.82. The third kappa shape index (κ3) is 2.50. The summed E-state index contributed by atoms with van der Waals surface area (Å²) in [4.78, 5) is 4.18. The standard InChI is InChI=1S/C13H15NO/c1-2-11-7-6-10-14-13(11)15-12-8-4-3-5-9-12/h1,6-7,10,12H,3-5,8-9H2. The van der Waals surface area contributed by atoms with Gasteiger partial charge in [0.05, 0.1) is 5.56 Å². The van der Waals surface area contributed by atoms with Crippen molar-refractivity contribution in [1.29, 1.82) is 0 Å². The van der Waals surface area contributed by atoms with Crippen LogP contribution in [0.2, 0.25) is 0 Å². The van der Waals surface area contributed by atoms with E-state index >= 15 is 0 Å². The third-order valence-electron chi connectivity index (χ3n) is 2.76. The van der Waals surface area contributed by atoms with Gasteiger partial charge in [-0.25, -0.2) is 4.98 Å². The van der Waals surface area contributed by atoms with Crippen molar-refractivity contribution in [3.05, 3.63) is 23.9 Å². The number of ether oxygens (including phenoxy) is 1. The summed E-state index contributed by atoms with van der Waals surface area (Å²) in [5.74, 6) is 3.22. The van der Waals surface area contributed by atoms with Crippen molar-refractivity contribution in [2.45, 2.75) is 38.2 Å². The molecular weight excluding hydrogens is 186 g/mol. The van der Waals surface area contributed by atoms with Crippen molar-refractivity contribution in [3.8, 4) is 18.2 Å². The van der Waals surface area contributed by atoms with Gasteiger partial charge in [-0.15, -0.1) is 6.42 Å². The summed E-state index contributed by atoms with van der Waals surface area (Å²) in [6.45, 7) is 0. The maximum absolute atomic E-state index is 5.82. The van der Waals surface area contributed by atoms with Gasteiger partial charge in [-0.05, 0) is 37.8 Å². The third-order valence-corrected chi connectivity index (χ3v) is 2.76.